The third-order valence-electron chi connectivity index (χ3n) is 4.59. The molecule has 1 aliphatic heterocycles. The molecule has 2 N–H and O–H groups in total. The number of sulfone groups is 1. The number of ether oxygens (including phenoxy) is 1. The summed E-state index contributed by atoms with van der Waals surface area (Å²) in [6.45, 7) is 3.64. The van der Waals surface area contributed by atoms with Gasteiger partial charge in [0.1, 0.15) is 0 Å². The number of carbonyl (C=O) groups excluding carboxylic acids is 2. The fourth-order valence-corrected chi connectivity index (χ4v) is 4.57. The smallest absolute Gasteiger partial charge is 0.338 e. The lowest BCUT2D eigenvalue weighted by Gasteiger charge is -2.30. The molecule has 0 aromatic heterocycles. The third kappa shape index (κ3) is 4.48. The van der Waals surface area contributed by atoms with Crippen molar-refractivity contribution >= 4 is 21.8 Å². The quantitative estimate of drug-likeness (QED) is 0.708. The van der Waals surface area contributed by atoms with Gasteiger partial charge in [0.15, 0.2) is 9.84 Å². The van der Waals surface area contributed by atoms with Crippen LogP contribution in [0.2, 0.25) is 0 Å². The van der Waals surface area contributed by atoms with E-state index in [1.54, 1.807) is 37.3 Å². The van der Waals surface area contributed by atoms with E-state index < -0.39 is 33.6 Å². The van der Waals surface area contributed by atoms with Gasteiger partial charge in [-0.3, -0.25) is 0 Å². The highest BCUT2D eigenvalue weighted by Gasteiger charge is 2.36. The predicted molar refractivity (Wildman–Crippen MR) is 108 cm³/mol. The van der Waals surface area contributed by atoms with Gasteiger partial charge in [-0.05, 0) is 37.1 Å². The molecular weight excluding hydrogens is 392 g/mol. The molecule has 1 unspecified atom stereocenters. The summed E-state index contributed by atoms with van der Waals surface area (Å²) in [5.74, 6) is -1.20. The van der Waals surface area contributed by atoms with Gasteiger partial charge in [-0.15, -0.1) is 0 Å². The Hall–Kier alpha value is -3.13. The number of nitrogens with one attached hydrogen (secondary N) is 2. The topological polar surface area (TPSA) is 102 Å². The van der Waals surface area contributed by atoms with Gasteiger partial charge in [-0.2, -0.15) is 0 Å². The largest absolute Gasteiger partial charge is 0.463 e. The Labute approximate surface area is 169 Å². The summed E-state index contributed by atoms with van der Waals surface area (Å²) < 4.78 is 30.9. The maximum absolute atomic E-state index is 12.9. The highest BCUT2D eigenvalue weighted by atomic mass is 32.2. The second-order valence-electron chi connectivity index (χ2n) is 6.57. The van der Waals surface area contributed by atoms with Crippen LogP contribution in [0.3, 0.4) is 0 Å². The lowest BCUT2D eigenvalue weighted by atomic mass is 9.92. The molecule has 8 heteroatoms. The van der Waals surface area contributed by atoms with Crippen molar-refractivity contribution in [3.63, 3.8) is 0 Å². The Morgan fingerprint density at radius 1 is 1.07 bits per heavy atom. The molecule has 0 radical (unpaired) electrons. The average molecular weight is 414 g/mol. The molecule has 3 rings (SSSR count). The normalized spacial score (nSPS) is 16.8. The lowest BCUT2D eigenvalue weighted by molar-refractivity contribution is -0.139. The monoisotopic (exact) mass is 414 g/mol. The highest BCUT2D eigenvalue weighted by molar-refractivity contribution is 7.91. The second kappa shape index (κ2) is 8.48. The average Bonchev–Trinajstić information content (AvgIpc) is 2.68. The zero-order chi connectivity index (χ0) is 21.0. The van der Waals surface area contributed by atoms with Crippen molar-refractivity contribution < 1.29 is 22.7 Å². The molecule has 1 atom stereocenters. The fraction of sp³-hybridized carbons (Fsp3) is 0.238. The van der Waals surface area contributed by atoms with Crippen molar-refractivity contribution in [1.82, 2.24) is 10.6 Å². The van der Waals surface area contributed by atoms with E-state index in [2.05, 4.69) is 10.6 Å². The Kier molecular flexibility index (Phi) is 6.03. The van der Waals surface area contributed by atoms with Crippen LogP contribution in [0.4, 0.5) is 4.79 Å². The van der Waals surface area contributed by atoms with Crippen LogP contribution in [-0.4, -0.2) is 32.8 Å². The van der Waals surface area contributed by atoms with Crippen molar-refractivity contribution in [2.75, 3.05) is 12.4 Å². The van der Waals surface area contributed by atoms with Gasteiger partial charge in [-0.1, -0.05) is 42.5 Å². The molecule has 1 aliphatic rings. The molecule has 29 heavy (non-hydrogen) atoms. The van der Waals surface area contributed by atoms with E-state index in [1.165, 1.54) is 12.1 Å². The molecule has 0 saturated carbocycles. The van der Waals surface area contributed by atoms with Gasteiger partial charge in [0.05, 0.1) is 28.9 Å². The molecule has 0 fully saturated rings. The zero-order valence-corrected chi connectivity index (χ0v) is 17.0. The molecule has 0 spiro atoms. The van der Waals surface area contributed by atoms with Gasteiger partial charge >= 0.3 is 12.0 Å². The third-order valence-corrected chi connectivity index (χ3v) is 6.24. The van der Waals surface area contributed by atoms with Crippen LogP contribution in [0, 0.1) is 6.92 Å². The molecule has 2 amide bonds. The first-order valence-electron chi connectivity index (χ1n) is 9.14. The number of urea groups is 1. The summed E-state index contributed by atoms with van der Waals surface area (Å²) in [6, 6.07) is 13.8. The molecule has 0 aliphatic carbocycles. The minimum absolute atomic E-state index is 0.0179. The summed E-state index contributed by atoms with van der Waals surface area (Å²) >= 11 is 0. The standard InChI is InChI=1S/C21H22N2O5S/c1-3-28-20(24)18-17(13-29(26,27)15-10-5-4-6-11-15)22-21(25)23-19(18)16-12-8-7-9-14(16)2/h4-12,19H,3,13H2,1-2H3,(H2,22,23,25). The fourth-order valence-electron chi connectivity index (χ4n) is 3.23. The Morgan fingerprint density at radius 2 is 1.72 bits per heavy atom. The first kappa shape index (κ1) is 20.6. The van der Waals surface area contributed by atoms with Crippen LogP contribution in [0.15, 0.2) is 70.8 Å². The maximum Gasteiger partial charge on any atom is 0.338 e. The second-order valence-corrected chi connectivity index (χ2v) is 8.56. The van der Waals surface area contributed by atoms with E-state index in [9.17, 15) is 18.0 Å². The maximum atomic E-state index is 12.9. The molecule has 1 heterocycles. The number of rotatable bonds is 6. The SMILES string of the molecule is CCOC(=O)C1=C(CS(=O)(=O)c2ccccc2)NC(=O)NC1c1ccccc1C. The van der Waals surface area contributed by atoms with E-state index in [1.807, 2.05) is 19.1 Å². The minimum Gasteiger partial charge on any atom is -0.463 e. The van der Waals surface area contributed by atoms with Gasteiger partial charge in [0.25, 0.3) is 0 Å². The van der Waals surface area contributed by atoms with Crippen LogP contribution in [-0.2, 0) is 19.4 Å². The number of esters is 1. The van der Waals surface area contributed by atoms with E-state index in [0.717, 1.165) is 5.56 Å². The Bertz CT molecular complexity index is 1060. The molecule has 0 saturated heterocycles. The Balaban J connectivity index is 2.12. The van der Waals surface area contributed by atoms with Crippen molar-refractivity contribution in [1.29, 1.82) is 0 Å². The van der Waals surface area contributed by atoms with Gasteiger partial charge in [0.2, 0.25) is 0 Å². The Morgan fingerprint density at radius 3 is 2.38 bits per heavy atom. The van der Waals surface area contributed by atoms with E-state index >= 15 is 0 Å². The first-order chi connectivity index (χ1) is 13.8. The highest BCUT2D eigenvalue weighted by Crippen LogP contribution is 2.31. The minimum atomic E-state index is -3.79. The van der Waals surface area contributed by atoms with Crippen molar-refractivity contribution in [2.45, 2.75) is 24.8 Å². The number of benzene rings is 2. The molecular formula is C21H22N2O5S. The summed E-state index contributed by atoms with van der Waals surface area (Å²) in [5.41, 5.74) is 1.65. The summed E-state index contributed by atoms with van der Waals surface area (Å²) in [4.78, 5) is 25.2. The summed E-state index contributed by atoms with van der Waals surface area (Å²) in [7, 11) is -3.79. The molecule has 0 bridgehead atoms. The number of carbonyl (C=O) groups is 2. The van der Waals surface area contributed by atoms with Gasteiger partial charge in [-0.25, -0.2) is 18.0 Å². The van der Waals surface area contributed by atoms with Gasteiger partial charge < -0.3 is 15.4 Å². The summed E-state index contributed by atoms with van der Waals surface area (Å²) in [6.07, 6.45) is 0. The molecule has 152 valence electrons. The number of hydrogen-bond acceptors (Lipinski definition) is 5. The van der Waals surface area contributed by atoms with E-state index in [0.29, 0.717) is 5.56 Å². The van der Waals surface area contributed by atoms with Gasteiger partial charge in [0, 0.05) is 5.70 Å². The van der Waals surface area contributed by atoms with Crippen LogP contribution >= 0.6 is 0 Å². The number of hydrogen-bond donors (Lipinski definition) is 2. The van der Waals surface area contributed by atoms with Crippen molar-refractivity contribution in [3.05, 3.63) is 77.0 Å². The predicted octanol–water partition coefficient (Wildman–Crippen LogP) is 2.64. The van der Waals surface area contributed by atoms with Crippen LogP contribution in [0.1, 0.15) is 24.1 Å². The van der Waals surface area contributed by atoms with Crippen molar-refractivity contribution in [2.24, 2.45) is 0 Å². The zero-order valence-electron chi connectivity index (χ0n) is 16.1. The number of aryl methyl sites for hydroxylation is 1. The molecule has 2 aromatic rings. The number of amides is 2. The van der Waals surface area contributed by atoms with Crippen LogP contribution < -0.4 is 10.6 Å². The summed E-state index contributed by atoms with van der Waals surface area (Å²) in [5, 5.41) is 5.22. The first-order valence-corrected chi connectivity index (χ1v) is 10.8. The molecule has 7 nitrogen and oxygen atoms in total. The van der Waals surface area contributed by atoms with Crippen LogP contribution in [0.25, 0.3) is 0 Å². The van der Waals surface area contributed by atoms with Crippen molar-refractivity contribution in [3.8, 4) is 0 Å². The molecule has 2 aromatic carbocycles. The van der Waals surface area contributed by atoms with E-state index in [-0.39, 0.29) is 22.8 Å². The van der Waals surface area contributed by atoms with E-state index in [4.69, 9.17) is 4.74 Å². The van der Waals surface area contributed by atoms with Crippen LogP contribution in [0.5, 0.6) is 0 Å². The lowest BCUT2D eigenvalue weighted by Crippen LogP contribution is -2.47.